The molecule has 2 aromatic carbocycles. The average molecular weight is 252 g/mol. The summed E-state index contributed by atoms with van der Waals surface area (Å²) in [5.74, 6) is -0.329. The summed E-state index contributed by atoms with van der Waals surface area (Å²) in [4.78, 5) is 17.6. The highest BCUT2D eigenvalue weighted by Crippen LogP contribution is 2.17. The van der Waals surface area contributed by atoms with Gasteiger partial charge in [0.15, 0.2) is 0 Å². The second kappa shape index (κ2) is 4.57. The number of aromatic nitrogens is 2. The molecule has 1 aromatic heterocycles. The number of carboxylic acids is 1. The van der Waals surface area contributed by atoms with Gasteiger partial charge in [0, 0.05) is 6.42 Å². The number of fused-ring (bicyclic) bond motifs is 1. The van der Waals surface area contributed by atoms with E-state index in [1.807, 2.05) is 18.2 Å². The highest BCUT2D eigenvalue weighted by molar-refractivity contribution is 5.85. The number of hydrogen-bond donors (Lipinski definition) is 2. The maximum absolute atomic E-state index is 10.8. The Bertz CT molecular complexity index is 746. The van der Waals surface area contributed by atoms with Gasteiger partial charge in [0.05, 0.1) is 6.20 Å². The molecule has 3 rings (SSSR count). The SMILES string of the molecule is O=C(O)c1cnc(Cc2ccc3ccccc3c2)[nH]1. The first kappa shape index (κ1) is 11.5. The zero-order valence-electron chi connectivity index (χ0n) is 10.1. The summed E-state index contributed by atoms with van der Waals surface area (Å²) in [6.07, 6.45) is 1.94. The quantitative estimate of drug-likeness (QED) is 0.753. The van der Waals surface area contributed by atoms with Gasteiger partial charge in [-0.3, -0.25) is 0 Å². The number of carboxylic acid groups (broad SMARTS) is 1. The highest BCUT2D eigenvalue weighted by atomic mass is 16.4. The minimum absolute atomic E-state index is 0.121. The first-order valence-electron chi connectivity index (χ1n) is 5.97. The molecule has 0 saturated heterocycles. The maximum Gasteiger partial charge on any atom is 0.353 e. The topological polar surface area (TPSA) is 66.0 Å². The fourth-order valence-electron chi connectivity index (χ4n) is 2.10. The van der Waals surface area contributed by atoms with Crippen LogP contribution in [-0.2, 0) is 6.42 Å². The molecule has 1 heterocycles. The first-order chi connectivity index (χ1) is 9.22. The van der Waals surface area contributed by atoms with Crippen LogP contribution in [0.4, 0.5) is 0 Å². The van der Waals surface area contributed by atoms with E-state index in [0.29, 0.717) is 12.2 Å². The lowest BCUT2D eigenvalue weighted by Gasteiger charge is -2.02. The zero-order chi connectivity index (χ0) is 13.2. The lowest BCUT2D eigenvalue weighted by atomic mass is 10.1. The molecule has 0 bridgehead atoms. The molecule has 3 aromatic rings. The van der Waals surface area contributed by atoms with Gasteiger partial charge in [0.1, 0.15) is 11.5 Å². The van der Waals surface area contributed by atoms with Crippen LogP contribution in [0.1, 0.15) is 21.9 Å². The summed E-state index contributed by atoms with van der Waals surface area (Å²) in [6.45, 7) is 0. The van der Waals surface area contributed by atoms with E-state index in [0.717, 1.165) is 5.56 Å². The number of imidazole rings is 1. The molecule has 4 nitrogen and oxygen atoms in total. The van der Waals surface area contributed by atoms with Crippen LogP contribution in [0.5, 0.6) is 0 Å². The van der Waals surface area contributed by atoms with Crippen molar-refractivity contribution in [2.24, 2.45) is 0 Å². The van der Waals surface area contributed by atoms with Crippen molar-refractivity contribution < 1.29 is 9.90 Å². The van der Waals surface area contributed by atoms with Crippen molar-refractivity contribution in [2.75, 3.05) is 0 Å². The predicted molar refractivity (Wildman–Crippen MR) is 72.3 cm³/mol. The van der Waals surface area contributed by atoms with Crippen LogP contribution in [0.25, 0.3) is 10.8 Å². The fraction of sp³-hybridized carbons (Fsp3) is 0.0667. The van der Waals surface area contributed by atoms with E-state index in [9.17, 15) is 4.79 Å². The minimum atomic E-state index is -0.989. The Labute approximate surface area is 109 Å². The molecular formula is C15H12N2O2. The molecular weight excluding hydrogens is 240 g/mol. The molecule has 0 saturated carbocycles. The number of hydrogen-bond acceptors (Lipinski definition) is 2. The Balaban J connectivity index is 1.89. The Hall–Kier alpha value is -2.62. The van der Waals surface area contributed by atoms with E-state index in [1.54, 1.807) is 0 Å². The van der Waals surface area contributed by atoms with Crippen LogP contribution < -0.4 is 0 Å². The molecule has 19 heavy (non-hydrogen) atoms. The number of aromatic carboxylic acids is 1. The van der Waals surface area contributed by atoms with E-state index >= 15 is 0 Å². The van der Waals surface area contributed by atoms with Gasteiger partial charge in [-0.2, -0.15) is 0 Å². The summed E-state index contributed by atoms with van der Waals surface area (Å²) in [5, 5.41) is 11.2. The molecule has 0 aliphatic carbocycles. The van der Waals surface area contributed by atoms with Gasteiger partial charge in [-0.1, -0.05) is 42.5 Å². The molecule has 0 aliphatic heterocycles. The van der Waals surface area contributed by atoms with Crippen molar-refractivity contribution in [3.05, 3.63) is 65.7 Å². The number of benzene rings is 2. The summed E-state index contributed by atoms with van der Waals surface area (Å²) < 4.78 is 0. The standard InChI is InChI=1S/C15H12N2O2/c18-15(19)13-9-16-14(17-13)8-10-5-6-11-3-1-2-4-12(11)7-10/h1-7,9H,8H2,(H,16,17)(H,18,19). The normalized spacial score (nSPS) is 10.7. The van der Waals surface area contributed by atoms with Gasteiger partial charge < -0.3 is 10.1 Å². The van der Waals surface area contributed by atoms with Crippen molar-refractivity contribution >= 4 is 16.7 Å². The number of nitrogens with zero attached hydrogens (tertiary/aromatic N) is 1. The third-order valence-electron chi connectivity index (χ3n) is 3.04. The smallest absolute Gasteiger partial charge is 0.353 e. The maximum atomic E-state index is 10.8. The van der Waals surface area contributed by atoms with Crippen molar-refractivity contribution in [1.29, 1.82) is 0 Å². The number of rotatable bonds is 3. The van der Waals surface area contributed by atoms with Crippen molar-refractivity contribution in [1.82, 2.24) is 9.97 Å². The molecule has 0 unspecified atom stereocenters. The number of carbonyl (C=O) groups is 1. The van der Waals surface area contributed by atoms with E-state index in [2.05, 4.69) is 34.2 Å². The molecule has 0 radical (unpaired) electrons. The van der Waals surface area contributed by atoms with Gasteiger partial charge in [-0.15, -0.1) is 0 Å². The molecule has 0 fully saturated rings. The van der Waals surface area contributed by atoms with Gasteiger partial charge in [0.25, 0.3) is 0 Å². The lowest BCUT2D eigenvalue weighted by Crippen LogP contribution is -1.97. The van der Waals surface area contributed by atoms with Crippen LogP contribution in [-0.4, -0.2) is 21.0 Å². The fourth-order valence-corrected chi connectivity index (χ4v) is 2.10. The summed E-state index contributed by atoms with van der Waals surface area (Å²) >= 11 is 0. The third-order valence-corrected chi connectivity index (χ3v) is 3.04. The third kappa shape index (κ3) is 2.33. The van der Waals surface area contributed by atoms with Gasteiger partial charge in [-0.05, 0) is 16.3 Å². The summed E-state index contributed by atoms with van der Waals surface area (Å²) in [6, 6.07) is 14.3. The molecule has 4 heteroatoms. The van der Waals surface area contributed by atoms with Crippen LogP contribution in [0.2, 0.25) is 0 Å². The van der Waals surface area contributed by atoms with Crippen LogP contribution in [0.15, 0.2) is 48.7 Å². The Morgan fingerprint density at radius 2 is 1.95 bits per heavy atom. The Morgan fingerprint density at radius 3 is 2.68 bits per heavy atom. The Kier molecular flexibility index (Phi) is 2.76. The van der Waals surface area contributed by atoms with Crippen molar-refractivity contribution in [3.63, 3.8) is 0 Å². The molecule has 94 valence electrons. The van der Waals surface area contributed by atoms with Gasteiger partial charge in [-0.25, -0.2) is 9.78 Å². The number of aromatic amines is 1. The van der Waals surface area contributed by atoms with Crippen LogP contribution in [0, 0.1) is 0 Å². The largest absolute Gasteiger partial charge is 0.477 e. The Morgan fingerprint density at radius 1 is 1.16 bits per heavy atom. The second-order valence-electron chi connectivity index (χ2n) is 4.41. The van der Waals surface area contributed by atoms with E-state index in [-0.39, 0.29) is 5.69 Å². The second-order valence-corrected chi connectivity index (χ2v) is 4.41. The monoisotopic (exact) mass is 252 g/mol. The van der Waals surface area contributed by atoms with E-state index in [4.69, 9.17) is 5.11 Å². The molecule has 0 spiro atoms. The number of nitrogens with one attached hydrogen (secondary N) is 1. The molecule has 0 atom stereocenters. The molecule has 0 aliphatic rings. The summed E-state index contributed by atoms with van der Waals surface area (Å²) in [5.41, 5.74) is 1.22. The lowest BCUT2D eigenvalue weighted by molar-refractivity contribution is 0.0691. The van der Waals surface area contributed by atoms with Crippen LogP contribution in [0.3, 0.4) is 0 Å². The summed E-state index contributed by atoms with van der Waals surface area (Å²) in [7, 11) is 0. The van der Waals surface area contributed by atoms with Gasteiger partial charge in [0.2, 0.25) is 0 Å². The zero-order valence-corrected chi connectivity index (χ0v) is 10.1. The van der Waals surface area contributed by atoms with Gasteiger partial charge >= 0.3 is 5.97 Å². The predicted octanol–water partition coefficient (Wildman–Crippen LogP) is 2.85. The molecule has 0 amide bonds. The van der Waals surface area contributed by atoms with E-state index < -0.39 is 5.97 Å². The van der Waals surface area contributed by atoms with Crippen molar-refractivity contribution in [3.8, 4) is 0 Å². The minimum Gasteiger partial charge on any atom is -0.477 e. The average Bonchev–Trinajstić information content (AvgIpc) is 2.87. The molecule has 2 N–H and O–H groups in total. The van der Waals surface area contributed by atoms with E-state index in [1.165, 1.54) is 17.0 Å². The first-order valence-corrected chi connectivity index (χ1v) is 5.97. The number of H-pyrrole nitrogens is 1. The van der Waals surface area contributed by atoms with Crippen LogP contribution >= 0.6 is 0 Å². The highest BCUT2D eigenvalue weighted by Gasteiger charge is 2.07. The van der Waals surface area contributed by atoms with Crippen molar-refractivity contribution in [2.45, 2.75) is 6.42 Å².